The fourth-order valence-electron chi connectivity index (χ4n) is 4.05. The zero-order valence-corrected chi connectivity index (χ0v) is 17.0. The maximum atomic E-state index is 12.4. The van der Waals surface area contributed by atoms with Gasteiger partial charge in [-0.15, -0.1) is 6.42 Å². The van der Waals surface area contributed by atoms with Crippen LogP contribution in [-0.4, -0.2) is 43.0 Å². The van der Waals surface area contributed by atoms with Crippen LogP contribution in [0.25, 0.3) is 0 Å². The molecule has 4 rings (SSSR count). The van der Waals surface area contributed by atoms with Crippen molar-refractivity contribution in [2.45, 2.75) is 35.6 Å². The van der Waals surface area contributed by atoms with Crippen LogP contribution in [0, 0.1) is 12.3 Å². The number of amides is 1. The maximum absolute atomic E-state index is 12.4. The van der Waals surface area contributed by atoms with Gasteiger partial charge in [-0.05, 0) is 63.2 Å². The van der Waals surface area contributed by atoms with Gasteiger partial charge in [-0.3, -0.25) is 4.79 Å². The molecule has 4 nitrogen and oxygen atoms in total. The largest absolute Gasteiger partial charge is 0.341 e. The van der Waals surface area contributed by atoms with E-state index in [-0.39, 0.29) is 12.5 Å². The van der Waals surface area contributed by atoms with Gasteiger partial charge in [0.1, 0.15) is 0 Å². The molecule has 0 bridgehead atoms. The van der Waals surface area contributed by atoms with E-state index in [1.54, 1.807) is 11.8 Å². The standard InChI is InChI=1S/C23H25N3OS/c1-3-12-24-23(27)18-10-11-22-20(15-18)26(17(2)16-25-13-6-7-14-25)19-8-4-5-9-21(19)28-22/h1,4-5,8-11,15,17H,6-7,12-14,16H2,2H3,(H,24,27)/t17-/m1/s1. The summed E-state index contributed by atoms with van der Waals surface area (Å²) in [6.07, 6.45) is 7.85. The summed E-state index contributed by atoms with van der Waals surface area (Å²) in [5.74, 6) is 2.33. The number of terminal acetylenes is 1. The normalized spacial score (nSPS) is 16.8. The number of fused-ring (bicyclic) bond motifs is 2. The summed E-state index contributed by atoms with van der Waals surface area (Å²) in [5.41, 5.74) is 2.96. The number of nitrogens with zero attached hydrogens (tertiary/aromatic N) is 2. The number of rotatable bonds is 5. The molecule has 0 spiro atoms. The van der Waals surface area contributed by atoms with Crippen molar-refractivity contribution in [3.63, 3.8) is 0 Å². The van der Waals surface area contributed by atoms with Crippen molar-refractivity contribution in [1.29, 1.82) is 0 Å². The molecule has 2 aliphatic rings. The van der Waals surface area contributed by atoms with Crippen molar-refractivity contribution >= 4 is 29.0 Å². The van der Waals surface area contributed by atoms with E-state index < -0.39 is 0 Å². The third kappa shape index (κ3) is 3.76. The van der Waals surface area contributed by atoms with Gasteiger partial charge in [0.2, 0.25) is 0 Å². The Morgan fingerprint density at radius 3 is 2.71 bits per heavy atom. The summed E-state index contributed by atoms with van der Waals surface area (Å²) in [6, 6.07) is 14.8. The lowest BCUT2D eigenvalue weighted by Gasteiger charge is -2.39. The minimum Gasteiger partial charge on any atom is -0.341 e. The number of hydrogen-bond donors (Lipinski definition) is 1. The first-order valence-corrected chi connectivity index (χ1v) is 10.6. The number of benzene rings is 2. The van der Waals surface area contributed by atoms with E-state index in [4.69, 9.17) is 6.42 Å². The highest BCUT2D eigenvalue weighted by atomic mass is 32.2. The van der Waals surface area contributed by atoms with E-state index in [1.807, 2.05) is 12.1 Å². The van der Waals surface area contributed by atoms with Gasteiger partial charge in [-0.1, -0.05) is 29.8 Å². The second-order valence-corrected chi connectivity index (χ2v) is 8.45. The van der Waals surface area contributed by atoms with Crippen LogP contribution in [0.15, 0.2) is 52.3 Å². The Bertz CT molecular complexity index is 914. The first kappa shape index (κ1) is 18.9. The minimum atomic E-state index is -0.128. The molecule has 1 amide bonds. The molecule has 0 unspecified atom stereocenters. The first-order valence-electron chi connectivity index (χ1n) is 9.81. The molecule has 1 atom stereocenters. The molecule has 2 aromatic rings. The van der Waals surface area contributed by atoms with Crippen LogP contribution in [0.2, 0.25) is 0 Å². The number of carbonyl (C=O) groups excluding carboxylic acids is 1. The summed E-state index contributed by atoms with van der Waals surface area (Å²) in [6.45, 7) is 5.89. The third-order valence-corrected chi connectivity index (χ3v) is 6.47. The second kappa shape index (κ2) is 8.30. The predicted molar refractivity (Wildman–Crippen MR) is 115 cm³/mol. The highest BCUT2D eigenvalue weighted by Gasteiger charge is 2.29. The Kier molecular flexibility index (Phi) is 5.61. The number of nitrogens with one attached hydrogen (secondary N) is 1. The van der Waals surface area contributed by atoms with Crippen LogP contribution in [-0.2, 0) is 0 Å². The third-order valence-electron chi connectivity index (χ3n) is 5.34. The minimum absolute atomic E-state index is 0.128. The molecule has 1 saturated heterocycles. The average Bonchev–Trinajstić information content (AvgIpc) is 3.22. The van der Waals surface area contributed by atoms with Crippen LogP contribution >= 0.6 is 11.8 Å². The number of para-hydroxylation sites is 1. The van der Waals surface area contributed by atoms with Gasteiger partial charge in [0.15, 0.2) is 0 Å². The molecular weight excluding hydrogens is 366 g/mol. The number of anilines is 2. The molecule has 2 aliphatic heterocycles. The van der Waals surface area contributed by atoms with Crippen LogP contribution in [0.4, 0.5) is 11.4 Å². The van der Waals surface area contributed by atoms with Crippen molar-refractivity contribution in [2.24, 2.45) is 0 Å². The van der Waals surface area contributed by atoms with Crippen LogP contribution in [0.3, 0.4) is 0 Å². The predicted octanol–water partition coefficient (Wildman–Crippen LogP) is 4.14. The van der Waals surface area contributed by atoms with Crippen LogP contribution in [0.1, 0.15) is 30.1 Å². The number of hydrogen-bond acceptors (Lipinski definition) is 4. The Morgan fingerprint density at radius 2 is 1.93 bits per heavy atom. The van der Waals surface area contributed by atoms with Gasteiger partial charge < -0.3 is 15.1 Å². The Balaban J connectivity index is 1.69. The van der Waals surface area contributed by atoms with Crippen molar-refractivity contribution in [3.8, 4) is 12.3 Å². The molecule has 0 aromatic heterocycles. The first-order chi connectivity index (χ1) is 13.7. The second-order valence-electron chi connectivity index (χ2n) is 7.37. The Morgan fingerprint density at radius 1 is 1.18 bits per heavy atom. The fraction of sp³-hybridized carbons (Fsp3) is 0.348. The van der Waals surface area contributed by atoms with E-state index in [2.05, 4.69) is 58.3 Å². The molecule has 1 N–H and O–H groups in total. The monoisotopic (exact) mass is 391 g/mol. The summed E-state index contributed by atoms with van der Waals surface area (Å²) < 4.78 is 0. The molecule has 0 saturated carbocycles. The van der Waals surface area contributed by atoms with Crippen molar-refractivity contribution in [2.75, 3.05) is 31.1 Å². The van der Waals surface area contributed by atoms with Crippen molar-refractivity contribution < 1.29 is 4.79 Å². The highest BCUT2D eigenvalue weighted by molar-refractivity contribution is 7.99. The fourth-order valence-corrected chi connectivity index (χ4v) is 5.11. The lowest BCUT2D eigenvalue weighted by Crippen LogP contribution is -2.40. The summed E-state index contributed by atoms with van der Waals surface area (Å²) in [5, 5.41) is 2.77. The van der Waals surface area contributed by atoms with E-state index in [9.17, 15) is 4.79 Å². The highest BCUT2D eigenvalue weighted by Crippen LogP contribution is 2.49. The summed E-state index contributed by atoms with van der Waals surface area (Å²) in [7, 11) is 0. The maximum Gasteiger partial charge on any atom is 0.252 e. The zero-order valence-electron chi connectivity index (χ0n) is 16.1. The van der Waals surface area contributed by atoms with E-state index >= 15 is 0 Å². The van der Waals surface area contributed by atoms with Gasteiger partial charge in [0, 0.05) is 27.9 Å². The van der Waals surface area contributed by atoms with E-state index in [0.717, 1.165) is 12.2 Å². The Labute approximate surface area is 171 Å². The molecule has 5 heteroatoms. The molecule has 0 radical (unpaired) electrons. The molecule has 144 valence electrons. The van der Waals surface area contributed by atoms with Crippen molar-refractivity contribution in [3.05, 3.63) is 48.0 Å². The number of likely N-dealkylation sites (tertiary alicyclic amines) is 1. The van der Waals surface area contributed by atoms with Crippen LogP contribution < -0.4 is 10.2 Å². The van der Waals surface area contributed by atoms with Gasteiger partial charge in [0.05, 0.1) is 17.9 Å². The van der Waals surface area contributed by atoms with Gasteiger partial charge in [-0.2, -0.15) is 0 Å². The van der Waals surface area contributed by atoms with Gasteiger partial charge in [-0.25, -0.2) is 0 Å². The zero-order chi connectivity index (χ0) is 19.5. The lowest BCUT2D eigenvalue weighted by molar-refractivity contribution is 0.0958. The van der Waals surface area contributed by atoms with E-state index in [0.29, 0.717) is 11.6 Å². The quantitative estimate of drug-likeness (QED) is 0.777. The summed E-state index contributed by atoms with van der Waals surface area (Å²) in [4.78, 5) is 19.8. The van der Waals surface area contributed by atoms with Gasteiger partial charge in [0.25, 0.3) is 5.91 Å². The molecule has 0 aliphatic carbocycles. The average molecular weight is 392 g/mol. The molecular formula is C23H25N3OS. The smallest absolute Gasteiger partial charge is 0.252 e. The van der Waals surface area contributed by atoms with Crippen molar-refractivity contribution in [1.82, 2.24) is 10.2 Å². The molecule has 2 aromatic carbocycles. The number of carbonyl (C=O) groups is 1. The Hall–Kier alpha value is -2.42. The lowest BCUT2D eigenvalue weighted by atomic mass is 10.1. The molecule has 2 heterocycles. The SMILES string of the molecule is C#CCNC(=O)c1ccc2c(c1)N([C@H](C)CN1CCCC1)c1ccccc1S2. The van der Waals surface area contributed by atoms with Gasteiger partial charge >= 0.3 is 0 Å². The van der Waals surface area contributed by atoms with Crippen LogP contribution in [0.5, 0.6) is 0 Å². The summed E-state index contributed by atoms with van der Waals surface area (Å²) >= 11 is 1.77. The topological polar surface area (TPSA) is 35.6 Å². The van der Waals surface area contributed by atoms with E-state index in [1.165, 1.54) is 41.4 Å². The molecule has 1 fully saturated rings. The molecule has 28 heavy (non-hydrogen) atoms.